The van der Waals surface area contributed by atoms with Crippen LogP contribution in [-0.2, 0) is 5.54 Å². The molecule has 0 bridgehead atoms. The number of hydrogen-bond acceptors (Lipinski definition) is 4. The average molecular weight is 349 g/mol. The Bertz CT molecular complexity index is 931. The number of H-pyrrole nitrogens is 1. The van der Waals surface area contributed by atoms with Gasteiger partial charge in [0.1, 0.15) is 11.4 Å². The Balaban J connectivity index is 1.90. The van der Waals surface area contributed by atoms with Crippen molar-refractivity contribution in [3.05, 3.63) is 45.2 Å². The molecule has 2 aromatic rings. The third-order valence-corrected chi connectivity index (χ3v) is 5.21. The van der Waals surface area contributed by atoms with Crippen molar-refractivity contribution >= 4 is 16.9 Å². The van der Waals surface area contributed by atoms with Crippen molar-refractivity contribution in [1.82, 2.24) is 15.2 Å². The van der Waals surface area contributed by atoms with E-state index in [0.717, 1.165) is 25.4 Å². The number of nitrogens with zero attached hydrogens (tertiary/aromatic N) is 1. The Hall–Kier alpha value is -2.32. The molecule has 132 valence electrons. The number of piperazine rings is 1. The molecule has 6 nitrogen and oxygen atoms in total. The van der Waals surface area contributed by atoms with E-state index in [2.05, 4.69) is 15.2 Å². The van der Waals surface area contributed by atoms with E-state index < -0.39 is 34.1 Å². The molecule has 0 spiro atoms. The summed E-state index contributed by atoms with van der Waals surface area (Å²) in [5, 5.41) is 11.9. The summed E-state index contributed by atoms with van der Waals surface area (Å²) < 4.78 is 29.9. The monoisotopic (exact) mass is 349 g/mol. The van der Waals surface area contributed by atoms with Gasteiger partial charge in [-0.3, -0.25) is 9.69 Å². The summed E-state index contributed by atoms with van der Waals surface area (Å²) >= 11 is 0. The second-order valence-electron chi connectivity index (χ2n) is 6.58. The van der Waals surface area contributed by atoms with Gasteiger partial charge in [-0.05, 0) is 18.9 Å². The Morgan fingerprint density at radius 1 is 1.24 bits per heavy atom. The van der Waals surface area contributed by atoms with Gasteiger partial charge in [-0.2, -0.15) is 0 Å². The first-order valence-corrected chi connectivity index (χ1v) is 8.18. The van der Waals surface area contributed by atoms with Gasteiger partial charge in [0.25, 0.3) is 0 Å². The molecule has 1 saturated carbocycles. The number of hydrogen-bond donors (Lipinski definition) is 3. The van der Waals surface area contributed by atoms with Crippen LogP contribution in [0.5, 0.6) is 0 Å². The number of pyridine rings is 1. The van der Waals surface area contributed by atoms with Crippen molar-refractivity contribution in [1.29, 1.82) is 0 Å². The van der Waals surface area contributed by atoms with E-state index in [1.165, 1.54) is 0 Å². The Morgan fingerprint density at radius 2 is 1.92 bits per heavy atom. The van der Waals surface area contributed by atoms with Crippen LogP contribution in [0.25, 0.3) is 10.9 Å². The Morgan fingerprint density at radius 3 is 2.52 bits per heavy atom. The van der Waals surface area contributed by atoms with Crippen LogP contribution in [0.2, 0.25) is 0 Å². The highest BCUT2D eigenvalue weighted by Gasteiger charge is 2.53. The van der Waals surface area contributed by atoms with Crippen LogP contribution in [0.1, 0.15) is 28.8 Å². The van der Waals surface area contributed by atoms with E-state index in [9.17, 15) is 14.0 Å². The van der Waals surface area contributed by atoms with E-state index in [-0.39, 0.29) is 16.5 Å². The lowest BCUT2D eigenvalue weighted by Crippen LogP contribution is -2.49. The molecule has 0 atom stereocenters. The quantitative estimate of drug-likeness (QED) is 0.780. The number of fused-ring (bicyclic) bond motifs is 1. The number of halogens is 2. The lowest BCUT2D eigenvalue weighted by Gasteiger charge is -2.36. The summed E-state index contributed by atoms with van der Waals surface area (Å²) in [6, 6.07) is 0.960. The molecule has 4 rings (SSSR count). The zero-order chi connectivity index (χ0) is 17.8. The number of aromatic carboxylic acids is 1. The first kappa shape index (κ1) is 16.2. The van der Waals surface area contributed by atoms with Crippen LogP contribution in [0, 0.1) is 11.6 Å². The predicted molar refractivity (Wildman–Crippen MR) is 86.8 cm³/mol. The van der Waals surface area contributed by atoms with Gasteiger partial charge in [0, 0.05) is 37.9 Å². The number of nitrogens with one attached hydrogen (secondary N) is 2. The predicted octanol–water partition coefficient (Wildman–Crippen LogP) is 1.40. The second-order valence-corrected chi connectivity index (χ2v) is 6.58. The fraction of sp³-hybridized carbons (Fsp3) is 0.412. The van der Waals surface area contributed by atoms with Crippen molar-refractivity contribution < 1.29 is 18.7 Å². The largest absolute Gasteiger partial charge is 0.477 e. The molecule has 2 fully saturated rings. The topological polar surface area (TPSA) is 85.4 Å². The third kappa shape index (κ3) is 2.36. The van der Waals surface area contributed by atoms with Crippen LogP contribution in [-0.4, -0.2) is 47.1 Å². The normalized spacial score (nSPS) is 19.9. The molecule has 25 heavy (non-hydrogen) atoms. The maximum absolute atomic E-state index is 15.1. The first-order chi connectivity index (χ1) is 12.0. The van der Waals surface area contributed by atoms with Crippen LogP contribution in [0.3, 0.4) is 0 Å². The highest BCUT2D eigenvalue weighted by atomic mass is 19.1. The molecule has 3 N–H and O–H groups in total. The van der Waals surface area contributed by atoms with Crippen molar-refractivity contribution in [3.63, 3.8) is 0 Å². The molecular formula is C17H17F2N3O3. The molecule has 1 saturated heterocycles. The number of carbonyl (C=O) groups is 1. The minimum atomic E-state index is -1.44. The Labute approximate surface area is 141 Å². The van der Waals surface area contributed by atoms with Crippen LogP contribution in [0.15, 0.2) is 17.1 Å². The maximum atomic E-state index is 15.1. The van der Waals surface area contributed by atoms with E-state index in [0.29, 0.717) is 25.9 Å². The highest BCUT2D eigenvalue weighted by Crippen LogP contribution is 2.53. The molecule has 8 heteroatoms. The van der Waals surface area contributed by atoms with E-state index in [1.54, 1.807) is 0 Å². The molecule has 0 radical (unpaired) electrons. The number of carboxylic acid groups (broad SMARTS) is 1. The fourth-order valence-corrected chi connectivity index (χ4v) is 3.82. The number of rotatable bonds is 3. The Kier molecular flexibility index (Phi) is 3.62. The van der Waals surface area contributed by atoms with Gasteiger partial charge in [-0.25, -0.2) is 13.6 Å². The van der Waals surface area contributed by atoms with Crippen molar-refractivity contribution in [2.24, 2.45) is 0 Å². The molecule has 1 aliphatic heterocycles. The molecule has 0 unspecified atom stereocenters. The van der Waals surface area contributed by atoms with Gasteiger partial charge in [0.2, 0.25) is 5.43 Å². The minimum absolute atomic E-state index is 0.0272. The minimum Gasteiger partial charge on any atom is -0.477 e. The lowest BCUT2D eigenvalue weighted by molar-refractivity contribution is 0.0695. The van der Waals surface area contributed by atoms with E-state index in [1.807, 2.05) is 0 Å². The van der Waals surface area contributed by atoms with Crippen molar-refractivity contribution in [3.8, 4) is 0 Å². The van der Waals surface area contributed by atoms with E-state index in [4.69, 9.17) is 5.11 Å². The number of benzene rings is 1. The molecule has 0 amide bonds. The van der Waals surface area contributed by atoms with Crippen LogP contribution >= 0.6 is 0 Å². The van der Waals surface area contributed by atoms with Crippen molar-refractivity contribution in [2.75, 3.05) is 26.2 Å². The second kappa shape index (κ2) is 5.60. The fourth-order valence-electron chi connectivity index (χ4n) is 3.82. The number of carboxylic acids is 1. The lowest BCUT2D eigenvalue weighted by atomic mass is 9.97. The molecule has 1 aromatic carbocycles. The van der Waals surface area contributed by atoms with Crippen LogP contribution < -0.4 is 10.7 Å². The molecule has 1 aliphatic carbocycles. The molecule has 1 aromatic heterocycles. The number of aromatic nitrogens is 1. The number of aromatic amines is 1. The van der Waals surface area contributed by atoms with Crippen LogP contribution in [0.4, 0.5) is 8.78 Å². The summed E-state index contributed by atoms with van der Waals surface area (Å²) in [7, 11) is 0. The van der Waals surface area contributed by atoms with Gasteiger partial charge in [0.15, 0.2) is 5.82 Å². The molecular weight excluding hydrogens is 332 g/mol. The van der Waals surface area contributed by atoms with Gasteiger partial charge in [0.05, 0.1) is 16.4 Å². The zero-order valence-corrected chi connectivity index (χ0v) is 13.4. The third-order valence-electron chi connectivity index (χ3n) is 5.21. The van der Waals surface area contributed by atoms with Gasteiger partial charge in [-0.1, -0.05) is 0 Å². The van der Waals surface area contributed by atoms with Gasteiger partial charge < -0.3 is 15.4 Å². The summed E-state index contributed by atoms with van der Waals surface area (Å²) in [6.07, 6.45) is 2.27. The van der Waals surface area contributed by atoms with Gasteiger partial charge in [-0.15, -0.1) is 0 Å². The molecule has 2 heterocycles. The maximum Gasteiger partial charge on any atom is 0.341 e. The SMILES string of the molecule is O=C(O)c1c[nH]c2c(F)c(C3(N4CCNCC4)CC3)c(F)cc2c1=O. The highest BCUT2D eigenvalue weighted by molar-refractivity contribution is 5.92. The van der Waals surface area contributed by atoms with E-state index >= 15 is 4.39 Å². The smallest absolute Gasteiger partial charge is 0.341 e. The average Bonchev–Trinajstić information content (AvgIpc) is 3.38. The molecule has 2 aliphatic rings. The first-order valence-electron chi connectivity index (χ1n) is 8.18. The summed E-state index contributed by atoms with van der Waals surface area (Å²) in [4.78, 5) is 27.9. The summed E-state index contributed by atoms with van der Waals surface area (Å²) in [5.74, 6) is -3.04. The zero-order valence-electron chi connectivity index (χ0n) is 13.4. The summed E-state index contributed by atoms with van der Waals surface area (Å²) in [5.41, 5.74) is -2.28. The van der Waals surface area contributed by atoms with Crippen molar-refractivity contribution in [2.45, 2.75) is 18.4 Å². The standard InChI is InChI=1S/C17H17F2N3O3/c18-11-7-9-14(21-8-10(15(9)23)16(24)25)13(19)12(11)17(1-2-17)22-5-3-20-4-6-22/h7-8,20H,1-6H2,(H,21,23)(H,24,25). The van der Waals surface area contributed by atoms with Gasteiger partial charge >= 0.3 is 5.97 Å². The summed E-state index contributed by atoms with van der Waals surface area (Å²) in [6.45, 7) is 2.92.